The minimum atomic E-state index is -0.935. The van der Waals surface area contributed by atoms with E-state index in [0.717, 1.165) is 39.3 Å². The zero-order valence-corrected chi connectivity index (χ0v) is 21.3. The zero-order chi connectivity index (χ0) is 25.7. The molecule has 0 heterocycles. The number of hydrogen-bond acceptors (Lipinski definition) is 3. The van der Waals surface area contributed by atoms with E-state index in [1.165, 1.54) is 23.4 Å². The van der Waals surface area contributed by atoms with E-state index in [9.17, 15) is 13.9 Å². The number of aliphatic imine (C=N–C) groups is 1. The molecule has 4 rings (SSSR count). The molecule has 0 aliphatic heterocycles. The van der Waals surface area contributed by atoms with E-state index in [-0.39, 0.29) is 5.75 Å². The van der Waals surface area contributed by atoms with Crippen LogP contribution in [0.5, 0.6) is 5.75 Å². The van der Waals surface area contributed by atoms with E-state index in [1.807, 2.05) is 26.0 Å². The number of hydrogen-bond donors (Lipinski definition) is 1. The normalized spacial score (nSPS) is 11.5. The fourth-order valence-electron chi connectivity index (χ4n) is 3.76. The van der Waals surface area contributed by atoms with Gasteiger partial charge in [-0.2, -0.15) is 0 Å². The van der Waals surface area contributed by atoms with Crippen LogP contribution >= 0.6 is 11.8 Å². The van der Waals surface area contributed by atoms with Crippen LogP contribution in [0.1, 0.15) is 27.8 Å². The maximum Gasteiger partial charge on any atom is 0.169 e. The first-order valence-electron chi connectivity index (χ1n) is 11.6. The van der Waals surface area contributed by atoms with Gasteiger partial charge in [-0.1, -0.05) is 71.4 Å². The largest absolute Gasteiger partial charge is 0.508 e. The Kier molecular flexibility index (Phi) is 8.06. The summed E-state index contributed by atoms with van der Waals surface area (Å²) in [6, 6.07) is 25.2. The molecule has 4 aromatic rings. The summed E-state index contributed by atoms with van der Waals surface area (Å²) >= 11 is 1.49. The van der Waals surface area contributed by atoms with Crippen molar-refractivity contribution in [1.82, 2.24) is 4.90 Å². The lowest BCUT2D eigenvalue weighted by Crippen LogP contribution is -2.28. The molecule has 0 saturated heterocycles. The van der Waals surface area contributed by atoms with Crippen LogP contribution in [0.3, 0.4) is 0 Å². The third kappa shape index (κ3) is 6.73. The fraction of sp³-hybridized carbons (Fsp3) is 0.167. The summed E-state index contributed by atoms with van der Waals surface area (Å²) in [5, 5.41) is 10.4. The molecule has 36 heavy (non-hydrogen) atoms. The molecular weight excluding hydrogens is 474 g/mol. The average Bonchev–Trinajstić information content (AvgIpc) is 2.85. The number of rotatable bonds is 6. The third-order valence-corrected chi connectivity index (χ3v) is 6.94. The molecule has 3 nitrogen and oxygen atoms in total. The van der Waals surface area contributed by atoms with Gasteiger partial charge in [0.2, 0.25) is 0 Å². The predicted octanol–water partition coefficient (Wildman–Crippen LogP) is 8.08. The van der Waals surface area contributed by atoms with Gasteiger partial charge in [-0.25, -0.2) is 13.8 Å². The first-order chi connectivity index (χ1) is 17.3. The molecule has 0 radical (unpaired) electrons. The third-order valence-electron chi connectivity index (χ3n) is 5.73. The van der Waals surface area contributed by atoms with Crippen molar-refractivity contribution in [1.29, 1.82) is 0 Å². The summed E-state index contributed by atoms with van der Waals surface area (Å²) < 4.78 is 27.7. The summed E-state index contributed by atoms with van der Waals surface area (Å²) in [6.45, 7) is 7.21. The summed E-state index contributed by atoms with van der Waals surface area (Å²) in [5.74, 6) is -1.64. The molecule has 0 atom stereocenters. The fourth-order valence-corrected chi connectivity index (χ4v) is 4.72. The molecule has 0 amide bonds. The van der Waals surface area contributed by atoms with Crippen LogP contribution < -0.4 is 0 Å². The Bertz CT molecular complexity index is 1320. The number of thioether (sulfide) groups is 1. The van der Waals surface area contributed by atoms with Crippen molar-refractivity contribution in [3.63, 3.8) is 0 Å². The zero-order valence-electron chi connectivity index (χ0n) is 20.5. The van der Waals surface area contributed by atoms with Crippen molar-refractivity contribution in [3.05, 3.63) is 124 Å². The second-order valence-corrected chi connectivity index (χ2v) is 9.88. The van der Waals surface area contributed by atoms with Gasteiger partial charge in [0.1, 0.15) is 5.75 Å². The molecule has 1 N–H and O–H groups in total. The number of aromatic hydroxyl groups is 1. The molecule has 0 spiro atoms. The lowest BCUT2D eigenvalue weighted by molar-refractivity contribution is 0.414. The van der Waals surface area contributed by atoms with Crippen molar-refractivity contribution < 1.29 is 13.9 Å². The maximum absolute atomic E-state index is 14.0. The summed E-state index contributed by atoms with van der Waals surface area (Å²) in [6.07, 6.45) is 0. The number of nitrogens with zero attached hydrogens (tertiary/aromatic N) is 2. The van der Waals surface area contributed by atoms with Crippen LogP contribution in [0, 0.1) is 32.4 Å². The highest BCUT2D eigenvalue weighted by atomic mass is 32.2. The van der Waals surface area contributed by atoms with Crippen molar-refractivity contribution >= 4 is 22.6 Å². The summed E-state index contributed by atoms with van der Waals surface area (Å²) in [5.41, 5.74) is 5.86. The highest BCUT2D eigenvalue weighted by molar-refractivity contribution is 8.13. The second kappa shape index (κ2) is 11.4. The highest BCUT2D eigenvalue weighted by Crippen LogP contribution is 2.30. The Morgan fingerprint density at radius 2 is 1.36 bits per heavy atom. The second-order valence-electron chi connectivity index (χ2n) is 8.87. The van der Waals surface area contributed by atoms with E-state index < -0.39 is 11.6 Å². The Morgan fingerprint density at radius 1 is 0.750 bits per heavy atom. The van der Waals surface area contributed by atoms with E-state index >= 15 is 0 Å². The van der Waals surface area contributed by atoms with E-state index in [1.54, 1.807) is 12.1 Å². The molecule has 0 fully saturated rings. The first-order valence-corrected chi connectivity index (χ1v) is 12.5. The van der Waals surface area contributed by atoms with Crippen LogP contribution in [0.2, 0.25) is 0 Å². The monoisotopic (exact) mass is 502 g/mol. The molecular formula is C30H28F2N2OS. The van der Waals surface area contributed by atoms with Crippen LogP contribution in [-0.4, -0.2) is 15.2 Å². The molecule has 0 aliphatic carbocycles. The van der Waals surface area contributed by atoms with Gasteiger partial charge >= 0.3 is 0 Å². The Balaban J connectivity index is 1.78. The smallest absolute Gasteiger partial charge is 0.169 e. The van der Waals surface area contributed by atoms with Gasteiger partial charge in [-0.3, -0.25) is 0 Å². The van der Waals surface area contributed by atoms with Crippen molar-refractivity contribution in [2.24, 2.45) is 4.99 Å². The molecule has 0 saturated carbocycles. The summed E-state index contributed by atoms with van der Waals surface area (Å²) in [4.78, 5) is 7.94. The topological polar surface area (TPSA) is 35.8 Å². The maximum atomic E-state index is 14.0. The quantitative estimate of drug-likeness (QED) is 0.164. The van der Waals surface area contributed by atoms with Gasteiger partial charge in [0.05, 0.1) is 5.69 Å². The Hall–Kier alpha value is -3.64. The van der Waals surface area contributed by atoms with Crippen molar-refractivity contribution in [2.45, 2.75) is 38.8 Å². The number of halogens is 2. The van der Waals surface area contributed by atoms with Gasteiger partial charge in [0.25, 0.3) is 0 Å². The number of phenolic OH excluding ortho intramolecular Hbond substituents is 1. The molecule has 6 heteroatoms. The first kappa shape index (κ1) is 25.5. The lowest BCUT2D eigenvalue weighted by Gasteiger charge is -2.27. The van der Waals surface area contributed by atoms with E-state index in [2.05, 4.69) is 54.3 Å². The molecule has 0 bridgehead atoms. The Morgan fingerprint density at radius 3 is 1.97 bits per heavy atom. The standard InChI is InChI=1S/C30H28F2N2OS/c1-20-4-7-23(8-5-20)18-34(19-24-9-12-26(35)13-10-24)30(33-25-11-14-27(31)28(32)17-25)36-29-15-6-21(2)16-22(29)3/h4-17,35H,18-19H2,1-3H3. The minimum Gasteiger partial charge on any atom is -0.508 e. The van der Waals surface area contributed by atoms with Crippen LogP contribution in [0.15, 0.2) is 94.8 Å². The molecule has 0 unspecified atom stereocenters. The molecule has 4 aromatic carbocycles. The molecule has 0 aromatic heterocycles. The summed E-state index contributed by atoms with van der Waals surface area (Å²) in [7, 11) is 0. The number of aryl methyl sites for hydroxylation is 3. The minimum absolute atomic E-state index is 0.198. The van der Waals surface area contributed by atoms with Crippen LogP contribution in [-0.2, 0) is 13.1 Å². The predicted molar refractivity (Wildman–Crippen MR) is 144 cm³/mol. The van der Waals surface area contributed by atoms with Gasteiger partial charge in [0, 0.05) is 24.1 Å². The van der Waals surface area contributed by atoms with Gasteiger partial charge in [-0.05, 0) is 67.8 Å². The van der Waals surface area contributed by atoms with E-state index in [4.69, 9.17) is 4.99 Å². The highest BCUT2D eigenvalue weighted by Gasteiger charge is 2.17. The van der Waals surface area contributed by atoms with E-state index in [0.29, 0.717) is 23.9 Å². The molecule has 0 aliphatic rings. The van der Waals surface area contributed by atoms with Crippen molar-refractivity contribution in [3.8, 4) is 5.75 Å². The lowest BCUT2D eigenvalue weighted by atomic mass is 10.1. The van der Waals surface area contributed by atoms with Gasteiger partial charge in [-0.15, -0.1) is 0 Å². The average molecular weight is 503 g/mol. The van der Waals surface area contributed by atoms with Crippen LogP contribution in [0.4, 0.5) is 14.5 Å². The van der Waals surface area contributed by atoms with Crippen LogP contribution in [0.25, 0.3) is 0 Å². The number of phenols is 1. The van der Waals surface area contributed by atoms with Gasteiger partial charge < -0.3 is 10.0 Å². The Labute approximate surface area is 215 Å². The SMILES string of the molecule is Cc1ccc(CN(Cc2ccc(O)cc2)C(=Nc2ccc(F)c(F)c2)Sc2ccc(C)cc2C)cc1. The van der Waals surface area contributed by atoms with Gasteiger partial charge in [0.15, 0.2) is 16.8 Å². The number of benzene rings is 4. The molecule has 184 valence electrons. The number of amidine groups is 1. The van der Waals surface area contributed by atoms with Crippen molar-refractivity contribution in [2.75, 3.05) is 0 Å².